The molecule has 0 aromatic carbocycles. The molecule has 4 heteroatoms. The number of urea groups is 1. The van der Waals surface area contributed by atoms with Crippen molar-refractivity contribution < 1.29 is 4.79 Å². The van der Waals surface area contributed by atoms with E-state index in [1.165, 1.54) is 17.3 Å². The summed E-state index contributed by atoms with van der Waals surface area (Å²) in [5.74, 6) is 0.803. The van der Waals surface area contributed by atoms with Gasteiger partial charge in [-0.05, 0) is 25.2 Å². The zero-order chi connectivity index (χ0) is 10.6. The number of amides is 2. The lowest BCUT2D eigenvalue weighted by Crippen LogP contribution is -2.43. The summed E-state index contributed by atoms with van der Waals surface area (Å²) < 4.78 is 1.21. The third kappa shape index (κ3) is 3.63. The molecule has 0 spiro atoms. The molecule has 2 amide bonds. The fourth-order valence-corrected chi connectivity index (χ4v) is 2.67. The Labute approximate surface area is 99.8 Å². The predicted octanol–water partition coefficient (Wildman–Crippen LogP) is 2.25. The van der Waals surface area contributed by atoms with Gasteiger partial charge in [0.15, 0.2) is 0 Å². The van der Waals surface area contributed by atoms with Crippen molar-refractivity contribution in [2.45, 2.75) is 31.7 Å². The molecule has 0 unspecified atom stereocenters. The summed E-state index contributed by atoms with van der Waals surface area (Å²) in [5.41, 5.74) is 0. The van der Waals surface area contributed by atoms with Crippen LogP contribution in [0.2, 0.25) is 0 Å². The van der Waals surface area contributed by atoms with Gasteiger partial charge >= 0.3 is 6.03 Å². The summed E-state index contributed by atoms with van der Waals surface area (Å²) in [4.78, 5) is 13.0. The van der Waals surface area contributed by atoms with E-state index in [0.717, 1.165) is 18.8 Å². The molecule has 82 valence electrons. The van der Waals surface area contributed by atoms with E-state index >= 15 is 0 Å². The molecule has 2 atom stereocenters. The smallest absolute Gasteiger partial charge is 0.317 e. The molecule has 0 aromatic heterocycles. The van der Waals surface area contributed by atoms with Gasteiger partial charge in [-0.15, -0.1) is 0 Å². The molecule has 0 aliphatic heterocycles. The Bertz CT molecular complexity index is 197. The first kappa shape index (κ1) is 12.1. The van der Waals surface area contributed by atoms with Gasteiger partial charge in [-0.2, -0.15) is 0 Å². The van der Waals surface area contributed by atoms with Crippen molar-refractivity contribution in [3.63, 3.8) is 0 Å². The lowest BCUT2D eigenvalue weighted by molar-refractivity contribution is 0.205. The van der Waals surface area contributed by atoms with Gasteiger partial charge in [0.05, 0.1) is 0 Å². The van der Waals surface area contributed by atoms with Gasteiger partial charge in [-0.1, -0.05) is 29.0 Å². The third-order valence-electron chi connectivity index (χ3n) is 2.73. The molecule has 0 radical (unpaired) electrons. The Morgan fingerprint density at radius 3 is 2.79 bits per heavy atom. The van der Waals surface area contributed by atoms with Crippen molar-refractivity contribution in [3.8, 4) is 0 Å². The minimum atomic E-state index is 0.0455. The molecule has 0 aromatic rings. The highest BCUT2D eigenvalue weighted by Crippen LogP contribution is 2.25. The highest BCUT2D eigenvalue weighted by molar-refractivity contribution is 14.1. The second-order valence-corrected chi connectivity index (χ2v) is 5.11. The maximum Gasteiger partial charge on any atom is 0.317 e. The number of carbonyl (C=O) groups excluding carboxylic acids is 1. The number of nitrogens with zero attached hydrogens (tertiary/aromatic N) is 1. The van der Waals surface area contributed by atoms with E-state index in [1.807, 2.05) is 0 Å². The summed E-state index contributed by atoms with van der Waals surface area (Å²) in [7, 11) is 3.57. The second kappa shape index (κ2) is 5.78. The Morgan fingerprint density at radius 1 is 1.50 bits per heavy atom. The minimum Gasteiger partial charge on any atom is -0.335 e. The molecule has 1 fully saturated rings. The van der Waals surface area contributed by atoms with Crippen LogP contribution in [0.25, 0.3) is 0 Å². The molecule has 1 rings (SSSR count). The first-order valence-corrected chi connectivity index (χ1v) is 6.69. The summed E-state index contributed by atoms with van der Waals surface area (Å²) >= 11 is 2.44. The van der Waals surface area contributed by atoms with Gasteiger partial charge in [-0.25, -0.2) is 4.79 Å². The number of alkyl halides is 1. The van der Waals surface area contributed by atoms with E-state index < -0.39 is 0 Å². The van der Waals surface area contributed by atoms with Crippen LogP contribution in [0.3, 0.4) is 0 Å². The number of carbonyl (C=O) groups is 1. The molecule has 1 aliphatic rings. The fraction of sp³-hybridized carbons (Fsp3) is 0.900. The van der Waals surface area contributed by atoms with Gasteiger partial charge < -0.3 is 10.2 Å². The van der Waals surface area contributed by atoms with Crippen LogP contribution < -0.4 is 5.32 Å². The van der Waals surface area contributed by atoms with Crippen LogP contribution in [-0.4, -0.2) is 35.5 Å². The van der Waals surface area contributed by atoms with E-state index in [1.54, 1.807) is 19.0 Å². The maximum absolute atomic E-state index is 11.4. The number of nitrogens with one attached hydrogen (secondary N) is 1. The van der Waals surface area contributed by atoms with Gasteiger partial charge in [0.1, 0.15) is 0 Å². The highest BCUT2D eigenvalue weighted by Gasteiger charge is 2.22. The lowest BCUT2D eigenvalue weighted by Gasteiger charge is -2.29. The molecular formula is C10H19IN2O. The molecule has 1 N–H and O–H groups in total. The standard InChI is InChI=1S/C10H19IN2O/c1-13(2)10(14)12-9-5-3-4-8(6-9)7-11/h8-9H,3-7H2,1-2H3,(H,12,14)/t8-,9+/m0/s1. The molecule has 14 heavy (non-hydrogen) atoms. The van der Waals surface area contributed by atoms with Crippen molar-refractivity contribution in [2.24, 2.45) is 5.92 Å². The number of rotatable bonds is 2. The quantitative estimate of drug-likeness (QED) is 0.616. The van der Waals surface area contributed by atoms with Gasteiger partial charge in [-0.3, -0.25) is 0 Å². The van der Waals surface area contributed by atoms with Crippen molar-refractivity contribution in [3.05, 3.63) is 0 Å². The topological polar surface area (TPSA) is 32.3 Å². The zero-order valence-electron chi connectivity index (χ0n) is 8.92. The van der Waals surface area contributed by atoms with Crippen LogP contribution in [0.5, 0.6) is 0 Å². The molecule has 0 bridgehead atoms. The first-order valence-electron chi connectivity index (χ1n) is 5.17. The van der Waals surface area contributed by atoms with E-state index in [4.69, 9.17) is 0 Å². The summed E-state index contributed by atoms with van der Waals surface area (Å²) in [6, 6.07) is 0.447. The largest absolute Gasteiger partial charge is 0.335 e. The summed E-state index contributed by atoms with van der Waals surface area (Å²) in [6.07, 6.45) is 4.89. The predicted molar refractivity (Wildman–Crippen MR) is 66.9 cm³/mol. The molecular weight excluding hydrogens is 291 g/mol. The Morgan fingerprint density at radius 2 is 2.21 bits per heavy atom. The summed E-state index contributed by atoms with van der Waals surface area (Å²) in [5, 5.41) is 3.07. The molecule has 1 saturated carbocycles. The second-order valence-electron chi connectivity index (χ2n) is 4.23. The summed E-state index contributed by atoms with van der Waals surface area (Å²) in [6.45, 7) is 0. The third-order valence-corrected chi connectivity index (χ3v) is 3.98. The average molecular weight is 310 g/mol. The van der Waals surface area contributed by atoms with Crippen molar-refractivity contribution >= 4 is 28.6 Å². The van der Waals surface area contributed by atoms with Crippen molar-refractivity contribution in [1.29, 1.82) is 0 Å². The monoisotopic (exact) mass is 310 g/mol. The van der Waals surface area contributed by atoms with Crippen LogP contribution in [0, 0.1) is 5.92 Å². The normalized spacial score (nSPS) is 27.1. The first-order chi connectivity index (χ1) is 6.63. The molecule has 1 aliphatic carbocycles. The van der Waals surface area contributed by atoms with Gasteiger partial charge in [0, 0.05) is 24.6 Å². The number of halogens is 1. The zero-order valence-corrected chi connectivity index (χ0v) is 11.1. The van der Waals surface area contributed by atoms with E-state index in [-0.39, 0.29) is 6.03 Å². The SMILES string of the molecule is CN(C)C(=O)N[C@@H]1CCC[C@H](CI)C1. The van der Waals surface area contributed by atoms with E-state index in [0.29, 0.717) is 6.04 Å². The molecule has 0 saturated heterocycles. The molecule has 0 heterocycles. The molecule has 3 nitrogen and oxygen atoms in total. The van der Waals surface area contributed by atoms with Crippen LogP contribution in [0.4, 0.5) is 4.79 Å². The Balaban J connectivity index is 2.34. The van der Waals surface area contributed by atoms with Crippen LogP contribution in [0.1, 0.15) is 25.7 Å². The number of hydrogen-bond acceptors (Lipinski definition) is 1. The van der Waals surface area contributed by atoms with Crippen LogP contribution >= 0.6 is 22.6 Å². The van der Waals surface area contributed by atoms with Crippen molar-refractivity contribution in [2.75, 3.05) is 18.5 Å². The lowest BCUT2D eigenvalue weighted by atomic mass is 9.87. The fourth-order valence-electron chi connectivity index (χ4n) is 1.87. The van der Waals surface area contributed by atoms with Crippen molar-refractivity contribution in [1.82, 2.24) is 10.2 Å². The maximum atomic E-state index is 11.4. The Kier molecular flexibility index (Phi) is 4.98. The average Bonchev–Trinajstić information content (AvgIpc) is 2.18. The minimum absolute atomic E-state index is 0.0455. The van der Waals surface area contributed by atoms with Crippen LogP contribution in [0.15, 0.2) is 0 Å². The highest BCUT2D eigenvalue weighted by atomic mass is 127. The van der Waals surface area contributed by atoms with Gasteiger partial charge in [0.25, 0.3) is 0 Å². The Hall–Kier alpha value is 0. The van der Waals surface area contributed by atoms with Crippen LogP contribution in [-0.2, 0) is 0 Å². The van der Waals surface area contributed by atoms with E-state index in [9.17, 15) is 4.79 Å². The van der Waals surface area contributed by atoms with Gasteiger partial charge in [0.2, 0.25) is 0 Å². The number of hydrogen-bond donors (Lipinski definition) is 1. The van der Waals surface area contributed by atoms with E-state index in [2.05, 4.69) is 27.9 Å².